The maximum absolute atomic E-state index is 5.62. The van der Waals surface area contributed by atoms with Gasteiger partial charge in [0, 0.05) is 36.7 Å². The van der Waals surface area contributed by atoms with Crippen LogP contribution in [0.25, 0.3) is 0 Å². The molecule has 0 aliphatic carbocycles. The lowest BCUT2D eigenvalue weighted by Gasteiger charge is -2.06. The molecule has 2 rings (SSSR count). The van der Waals surface area contributed by atoms with E-state index >= 15 is 0 Å². The predicted octanol–water partition coefficient (Wildman–Crippen LogP) is 2.36. The third kappa shape index (κ3) is 3.54. The number of nitrogens with one attached hydrogen (secondary N) is 1. The van der Waals surface area contributed by atoms with Gasteiger partial charge in [0.05, 0.1) is 11.1 Å². The molecule has 0 saturated carbocycles. The maximum atomic E-state index is 5.62. The van der Waals surface area contributed by atoms with Gasteiger partial charge in [-0.05, 0) is 12.8 Å². The van der Waals surface area contributed by atoms with Crippen molar-refractivity contribution in [2.75, 3.05) is 6.61 Å². The van der Waals surface area contributed by atoms with E-state index in [9.17, 15) is 0 Å². The normalized spacial score (nSPS) is 20.8. The molecule has 0 bridgehead atoms. The van der Waals surface area contributed by atoms with Gasteiger partial charge in [-0.2, -0.15) is 0 Å². The first-order chi connectivity index (χ1) is 7.74. The number of ether oxygens (including phenoxy) is 1. The van der Waals surface area contributed by atoms with Gasteiger partial charge in [-0.25, -0.2) is 4.98 Å². The first-order valence-corrected chi connectivity index (χ1v) is 6.84. The van der Waals surface area contributed by atoms with E-state index in [1.807, 2.05) is 17.5 Å². The zero-order valence-corrected chi connectivity index (χ0v) is 10.8. The van der Waals surface area contributed by atoms with Crippen LogP contribution in [-0.2, 0) is 17.7 Å². The molecular formula is C12H20N2OS. The van der Waals surface area contributed by atoms with Crippen LogP contribution in [0.15, 0.2) is 6.20 Å². The highest BCUT2D eigenvalue weighted by Crippen LogP contribution is 2.20. The predicted molar refractivity (Wildman–Crippen MR) is 66.8 cm³/mol. The van der Waals surface area contributed by atoms with Gasteiger partial charge in [-0.15, -0.1) is 11.3 Å². The number of rotatable bonds is 5. The quantitative estimate of drug-likeness (QED) is 0.858. The first kappa shape index (κ1) is 12.0. The van der Waals surface area contributed by atoms with E-state index in [1.54, 1.807) is 0 Å². The summed E-state index contributed by atoms with van der Waals surface area (Å²) in [5, 5.41) is 4.62. The highest BCUT2D eigenvalue weighted by molar-refractivity contribution is 7.11. The van der Waals surface area contributed by atoms with Gasteiger partial charge in [0.25, 0.3) is 0 Å². The van der Waals surface area contributed by atoms with Gasteiger partial charge in [0.15, 0.2) is 0 Å². The second kappa shape index (κ2) is 5.75. The third-order valence-electron chi connectivity index (χ3n) is 2.71. The molecule has 1 N–H and O–H groups in total. The van der Waals surface area contributed by atoms with Gasteiger partial charge < -0.3 is 10.1 Å². The average molecular weight is 240 g/mol. The van der Waals surface area contributed by atoms with Crippen LogP contribution in [-0.4, -0.2) is 23.7 Å². The third-order valence-corrected chi connectivity index (χ3v) is 3.73. The van der Waals surface area contributed by atoms with Crippen molar-refractivity contribution < 1.29 is 4.74 Å². The molecule has 90 valence electrons. The fraction of sp³-hybridized carbons (Fsp3) is 0.750. The van der Waals surface area contributed by atoms with Crippen LogP contribution in [0.3, 0.4) is 0 Å². The molecular weight excluding hydrogens is 220 g/mol. The fourth-order valence-corrected chi connectivity index (χ4v) is 2.77. The van der Waals surface area contributed by atoms with Gasteiger partial charge >= 0.3 is 0 Å². The van der Waals surface area contributed by atoms with Crippen LogP contribution in [0.2, 0.25) is 0 Å². The van der Waals surface area contributed by atoms with Gasteiger partial charge in [-0.3, -0.25) is 0 Å². The molecule has 0 aromatic carbocycles. The molecule has 3 nitrogen and oxygen atoms in total. The van der Waals surface area contributed by atoms with Crippen LogP contribution < -0.4 is 5.32 Å². The molecule has 1 aliphatic heterocycles. The molecule has 0 amide bonds. The van der Waals surface area contributed by atoms with E-state index in [1.165, 1.54) is 22.7 Å². The van der Waals surface area contributed by atoms with Crippen molar-refractivity contribution in [3.63, 3.8) is 0 Å². The van der Waals surface area contributed by atoms with Crippen molar-refractivity contribution in [1.82, 2.24) is 10.3 Å². The molecule has 0 radical (unpaired) electrons. The van der Waals surface area contributed by atoms with E-state index in [0.29, 0.717) is 12.1 Å². The highest BCUT2D eigenvalue weighted by atomic mass is 32.1. The topological polar surface area (TPSA) is 34.2 Å². The molecule has 2 heterocycles. The summed E-state index contributed by atoms with van der Waals surface area (Å²) in [5.74, 6) is 0. The molecule has 1 unspecified atom stereocenters. The monoisotopic (exact) mass is 240 g/mol. The van der Waals surface area contributed by atoms with Crippen molar-refractivity contribution in [2.24, 2.45) is 0 Å². The van der Waals surface area contributed by atoms with Gasteiger partial charge in [-0.1, -0.05) is 13.8 Å². The lowest BCUT2D eigenvalue weighted by atomic mass is 10.2. The SMILES string of the molecule is CC(C)NCc1cnc(CC2CCCO2)s1. The number of hydrogen-bond donors (Lipinski definition) is 1. The second-order valence-corrected chi connectivity index (χ2v) is 5.79. The van der Waals surface area contributed by atoms with Crippen molar-refractivity contribution in [1.29, 1.82) is 0 Å². The lowest BCUT2D eigenvalue weighted by molar-refractivity contribution is 0.111. The Balaban J connectivity index is 1.81. The molecule has 4 heteroatoms. The van der Waals surface area contributed by atoms with Gasteiger partial charge in [0.1, 0.15) is 0 Å². The average Bonchev–Trinajstić information content (AvgIpc) is 2.87. The van der Waals surface area contributed by atoms with E-state index in [2.05, 4.69) is 24.1 Å². The minimum Gasteiger partial charge on any atom is -0.378 e. The van der Waals surface area contributed by atoms with Crippen molar-refractivity contribution in [3.05, 3.63) is 16.1 Å². The largest absolute Gasteiger partial charge is 0.378 e. The Hall–Kier alpha value is -0.450. The van der Waals surface area contributed by atoms with Crippen LogP contribution in [0, 0.1) is 0 Å². The minimum atomic E-state index is 0.414. The number of aromatic nitrogens is 1. The second-order valence-electron chi connectivity index (χ2n) is 4.60. The van der Waals surface area contributed by atoms with E-state index < -0.39 is 0 Å². The summed E-state index contributed by atoms with van der Waals surface area (Å²) in [5.41, 5.74) is 0. The van der Waals surface area contributed by atoms with Gasteiger partial charge in [0.2, 0.25) is 0 Å². The Labute approximate surface area is 101 Å². The summed E-state index contributed by atoms with van der Waals surface area (Å²) in [4.78, 5) is 5.78. The molecule has 0 spiro atoms. The molecule has 1 aromatic rings. The first-order valence-electron chi connectivity index (χ1n) is 6.02. The smallest absolute Gasteiger partial charge is 0.0954 e. The van der Waals surface area contributed by atoms with Crippen LogP contribution in [0.1, 0.15) is 36.6 Å². The van der Waals surface area contributed by atoms with Crippen molar-refractivity contribution in [2.45, 2.75) is 51.8 Å². The summed E-state index contributed by atoms with van der Waals surface area (Å²) < 4.78 is 5.62. The number of nitrogens with zero attached hydrogens (tertiary/aromatic N) is 1. The molecule has 16 heavy (non-hydrogen) atoms. The number of thiazole rings is 1. The lowest BCUT2D eigenvalue weighted by Crippen LogP contribution is -2.21. The van der Waals surface area contributed by atoms with E-state index in [-0.39, 0.29) is 0 Å². The molecule has 1 aromatic heterocycles. The fourth-order valence-electron chi connectivity index (χ4n) is 1.83. The Kier molecular flexibility index (Phi) is 4.32. The molecule has 1 atom stereocenters. The summed E-state index contributed by atoms with van der Waals surface area (Å²) in [6.07, 6.45) is 5.80. The summed E-state index contributed by atoms with van der Waals surface area (Å²) in [6, 6.07) is 0.531. The van der Waals surface area contributed by atoms with Crippen LogP contribution >= 0.6 is 11.3 Å². The molecule has 1 saturated heterocycles. The van der Waals surface area contributed by atoms with Crippen molar-refractivity contribution >= 4 is 11.3 Å². The molecule has 1 fully saturated rings. The van der Waals surface area contributed by atoms with Crippen LogP contribution in [0.5, 0.6) is 0 Å². The minimum absolute atomic E-state index is 0.414. The summed E-state index contributed by atoms with van der Waals surface area (Å²) >= 11 is 1.81. The standard InChI is InChI=1S/C12H20N2OS/c1-9(2)13-7-11-8-14-12(16-11)6-10-4-3-5-15-10/h8-10,13H,3-7H2,1-2H3. The van der Waals surface area contributed by atoms with Crippen LogP contribution in [0.4, 0.5) is 0 Å². The highest BCUT2D eigenvalue weighted by Gasteiger charge is 2.17. The Morgan fingerprint density at radius 1 is 1.62 bits per heavy atom. The Morgan fingerprint density at radius 2 is 2.50 bits per heavy atom. The van der Waals surface area contributed by atoms with Crippen molar-refractivity contribution in [3.8, 4) is 0 Å². The maximum Gasteiger partial charge on any atom is 0.0954 e. The number of hydrogen-bond acceptors (Lipinski definition) is 4. The zero-order chi connectivity index (χ0) is 11.4. The zero-order valence-electron chi connectivity index (χ0n) is 10.0. The Bertz CT molecular complexity index is 319. The summed E-state index contributed by atoms with van der Waals surface area (Å²) in [6.45, 7) is 6.18. The summed E-state index contributed by atoms with van der Waals surface area (Å²) in [7, 11) is 0. The Morgan fingerprint density at radius 3 is 3.19 bits per heavy atom. The molecule has 1 aliphatic rings. The van der Waals surface area contributed by atoms with E-state index in [0.717, 1.165) is 19.6 Å². The van der Waals surface area contributed by atoms with E-state index in [4.69, 9.17) is 4.74 Å².